The van der Waals surface area contributed by atoms with Crippen LogP contribution in [0, 0.1) is 0 Å². The topological polar surface area (TPSA) is 60.9 Å². The monoisotopic (exact) mass is 367 g/mol. The van der Waals surface area contributed by atoms with Crippen molar-refractivity contribution in [1.82, 2.24) is 14.7 Å². The summed E-state index contributed by atoms with van der Waals surface area (Å²) in [5, 5.41) is 0. The number of carbonyl (C=O) groups is 3. The summed E-state index contributed by atoms with van der Waals surface area (Å²) >= 11 is 3.37. The smallest absolute Gasteiger partial charge is 0.284 e. The largest absolute Gasteiger partial charge is 0.335 e. The molecule has 1 heterocycles. The molecule has 0 saturated carbocycles. The lowest BCUT2D eigenvalue weighted by Crippen LogP contribution is -2.41. The molecule has 1 aliphatic heterocycles. The van der Waals surface area contributed by atoms with Crippen LogP contribution in [0.5, 0.6) is 0 Å². The Kier molecular flexibility index (Phi) is 4.97. The summed E-state index contributed by atoms with van der Waals surface area (Å²) in [7, 11) is 1.80. The normalized spacial score (nSPS) is 15.6. The van der Waals surface area contributed by atoms with E-state index in [0.717, 1.165) is 19.8 Å². The Morgan fingerprint density at radius 1 is 1.09 bits per heavy atom. The lowest BCUT2D eigenvalue weighted by molar-refractivity contribution is -0.144. The number of hydrogen-bond donors (Lipinski definition) is 0. The second-order valence-electron chi connectivity index (χ2n) is 5.57. The fourth-order valence-corrected chi connectivity index (χ4v) is 2.56. The van der Waals surface area contributed by atoms with Crippen molar-refractivity contribution in [2.24, 2.45) is 0 Å². The van der Waals surface area contributed by atoms with Crippen molar-refractivity contribution in [2.45, 2.75) is 26.4 Å². The summed E-state index contributed by atoms with van der Waals surface area (Å²) in [6.07, 6.45) is 0. The second kappa shape index (κ2) is 6.58. The Balaban J connectivity index is 2.03. The number of hydrogen-bond acceptors (Lipinski definition) is 4. The first-order chi connectivity index (χ1) is 10.3. The van der Waals surface area contributed by atoms with E-state index in [4.69, 9.17) is 0 Å². The molecular formula is C15H18BrN3O3. The van der Waals surface area contributed by atoms with E-state index in [-0.39, 0.29) is 12.7 Å². The van der Waals surface area contributed by atoms with Gasteiger partial charge in [0, 0.05) is 17.1 Å². The zero-order valence-electron chi connectivity index (χ0n) is 12.7. The maximum atomic E-state index is 12.2. The van der Waals surface area contributed by atoms with Crippen LogP contribution >= 0.6 is 15.9 Å². The molecule has 0 atom stereocenters. The van der Waals surface area contributed by atoms with Crippen LogP contribution in [-0.2, 0) is 16.1 Å². The van der Waals surface area contributed by atoms with Gasteiger partial charge in [0.05, 0.1) is 6.67 Å². The van der Waals surface area contributed by atoms with Crippen molar-refractivity contribution in [2.75, 3.05) is 13.7 Å². The number of imide groups is 2. The number of halogens is 1. The van der Waals surface area contributed by atoms with Gasteiger partial charge >= 0.3 is 17.8 Å². The van der Waals surface area contributed by atoms with E-state index in [2.05, 4.69) is 15.9 Å². The summed E-state index contributed by atoms with van der Waals surface area (Å²) < 4.78 is 0.988. The molecule has 1 aliphatic rings. The lowest BCUT2D eigenvalue weighted by atomic mass is 10.2. The van der Waals surface area contributed by atoms with Gasteiger partial charge < -0.3 is 0 Å². The zero-order chi connectivity index (χ0) is 16.4. The molecule has 0 aromatic heterocycles. The molecule has 0 unspecified atom stereocenters. The molecule has 0 N–H and O–H groups in total. The highest BCUT2D eigenvalue weighted by molar-refractivity contribution is 9.10. The van der Waals surface area contributed by atoms with Crippen LogP contribution in [0.1, 0.15) is 19.4 Å². The fraction of sp³-hybridized carbons (Fsp3) is 0.400. The summed E-state index contributed by atoms with van der Waals surface area (Å²) in [6.45, 7) is 4.07. The van der Waals surface area contributed by atoms with E-state index in [1.54, 1.807) is 20.9 Å². The number of carbonyl (C=O) groups excluding carboxylic acids is 3. The SMILES string of the molecule is CC(C)N1C(=O)C(=O)N(CN(C)Cc2ccc(Br)cc2)C1=O. The van der Waals surface area contributed by atoms with Gasteiger partial charge in [-0.3, -0.25) is 19.4 Å². The molecular weight excluding hydrogens is 350 g/mol. The highest BCUT2D eigenvalue weighted by Gasteiger charge is 2.45. The van der Waals surface area contributed by atoms with E-state index >= 15 is 0 Å². The third-order valence-electron chi connectivity index (χ3n) is 3.35. The van der Waals surface area contributed by atoms with Gasteiger partial charge in [0.2, 0.25) is 0 Å². The van der Waals surface area contributed by atoms with Crippen LogP contribution in [0.25, 0.3) is 0 Å². The highest BCUT2D eigenvalue weighted by Crippen LogP contribution is 2.17. The molecule has 118 valence electrons. The number of amides is 4. The molecule has 1 aromatic carbocycles. The summed E-state index contributed by atoms with van der Waals surface area (Å²) in [5.41, 5.74) is 1.05. The van der Waals surface area contributed by atoms with Gasteiger partial charge in [-0.05, 0) is 38.6 Å². The van der Waals surface area contributed by atoms with Gasteiger partial charge in [-0.25, -0.2) is 9.69 Å². The Labute approximate surface area is 137 Å². The average Bonchev–Trinajstić information content (AvgIpc) is 2.65. The van der Waals surface area contributed by atoms with Crippen LogP contribution in [0.15, 0.2) is 28.7 Å². The third-order valence-corrected chi connectivity index (χ3v) is 3.88. The van der Waals surface area contributed by atoms with Crippen LogP contribution in [-0.4, -0.2) is 52.3 Å². The van der Waals surface area contributed by atoms with Gasteiger partial charge in [0.25, 0.3) is 0 Å². The standard InChI is InChI=1S/C15H18BrN3O3/c1-10(2)19-14(21)13(20)18(15(19)22)9-17(3)8-11-4-6-12(16)7-5-11/h4-7,10H,8-9H2,1-3H3. The van der Waals surface area contributed by atoms with Crippen molar-refractivity contribution < 1.29 is 14.4 Å². The minimum atomic E-state index is -0.763. The van der Waals surface area contributed by atoms with Crippen molar-refractivity contribution >= 4 is 33.8 Å². The molecule has 7 heteroatoms. The van der Waals surface area contributed by atoms with Crippen LogP contribution in [0.2, 0.25) is 0 Å². The molecule has 0 spiro atoms. The molecule has 4 amide bonds. The first-order valence-corrected chi connectivity index (χ1v) is 7.72. The number of rotatable bonds is 5. The molecule has 2 rings (SSSR count). The Morgan fingerprint density at radius 3 is 2.18 bits per heavy atom. The van der Waals surface area contributed by atoms with Crippen molar-refractivity contribution in [1.29, 1.82) is 0 Å². The van der Waals surface area contributed by atoms with Crippen LogP contribution in [0.3, 0.4) is 0 Å². The van der Waals surface area contributed by atoms with E-state index in [9.17, 15) is 14.4 Å². The first-order valence-electron chi connectivity index (χ1n) is 6.93. The molecule has 1 fully saturated rings. The van der Waals surface area contributed by atoms with Crippen LogP contribution in [0.4, 0.5) is 4.79 Å². The molecule has 0 aliphatic carbocycles. The van der Waals surface area contributed by atoms with Crippen molar-refractivity contribution in [3.63, 3.8) is 0 Å². The van der Waals surface area contributed by atoms with E-state index in [1.807, 2.05) is 29.2 Å². The highest BCUT2D eigenvalue weighted by atomic mass is 79.9. The van der Waals surface area contributed by atoms with Gasteiger partial charge in [-0.1, -0.05) is 28.1 Å². The van der Waals surface area contributed by atoms with Crippen molar-refractivity contribution in [3.05, 3.63) is 34.3 Å². The molecule has 0 bridgehead atoms. The van der Waals surface area contributed by atoms with E-state index in [0.29, 0.717) is 6.54 Å². The fourth-order valence-electron chi connectivity index (χ4n) is 2.30. The maximum Gasteiger partial charge on any atom is 0.335 e. The summed E-state index contributed by atoms with van der Waals surface area (Å²) in [5.74, 6) is -1.52. The third kappa shape index (κ3) is 3.36. The number of benzene rings is 1. The van der Waals surface area contributed by atoms with E-state index in [1.165, 1.54) is 0 Å². The van der Waals surface area contributed by atoms with Gasteiger partial charge in [0.1, 0.15) is 0 Å². The summed E-state index contributed by atoms with van der Waals surface area (Å²) in [6, 6.07) is 6.90. The molecule has 22 heavy (non-hydrogen) atoms. The minimum absolute atomic E-state index is 0.0860. The average molecular weight is 368 g/mol. The first kappa shape index (κ1) is 16.6. The van der Waals surface area contributed by atoms with Crippen molar-refractivity contribution in [3.8, 4) is 0 Å². The number of urea groups is 1. The second-order valence-corrected chi connectivity index (χ2v) is 6.48. The Hall–Kier alpha value is -1.73. The number of nitrogens with zero attached hydrogens (tertiary/aromatic N) is 3. The minimum Gasteiger partial charge on any atom is -0.284 e. The maximum absolute atomic E-state index is 12.2. The summed E-state index contributed by atoms with van der Waals surface area (Å²) in [4.78, 5) is 39.8. The molecule has 0 radical (unpaired) electrons. The molecule has 1 saturated heterocycles. The lowest BCUT2D eigenvalue weighted by Gasteiger charge is -2.23. The van der Waals surface area contributed by atoms with Crippen LogP contribution < -0.4 is 0 Å². The Bertz CT molecular complexity index is 601. The quantitative estimate of drug-likeness (QED) is 0.590. The molecule has 6 nitrogen and oxygen atoms in total. The predicted molar refractivity (Wildman–Crippen MR) is 84.7 cm³/mol. The molecule has 1 aromatic rings. The predicted octanol–water partition coefficient (Wildman–Crippen LogP) is 2.04. The zero-order valence-corrected chi connectivity index (χ0v) is 14.3. The van der Waals surface area contributed by atoms with E-state index < -0.39 is 17.8 Å². The van der Waals surface area contributed by atoms with Gasteiger partial charge in [-0.15, -0.1) is 0 Å². The van der Waals surface area contributed by atoms with Gasteiger partial charge in [-0.2, -0.15) is 0 Å². The van der Waals surface area contributed by atoms with Gasteiger partial charge in [0.15, 0.2) is 0 Å². The Morgan fingerprint density at radius 2 is 1.68 bits per heavy atom.